The van der Waals surface area contributed by atoms with Crippen LogP contribution < -0.4 is 0 Å². The largest absolute Gasteiger partial charge is 0.390 e. The van der Waals surface area contributed by atoms with Gasteiger partial charge in [-0.3, -0.25) is 4.90 Å². The van der Waals surface area contributed by atoms with Gasteiger partial charge in [-0.1, -0.05) is 55.4 Å². The Labute approximate surface area is 267 Å². The van der Waals surface area contributed by atoms with Gasteiger partial charge in [0.25, 0.3) is 0 Å². The molecule has 1 N–H and O–H groups in total. The lowest BCUT2D eigenvalue weighted by Gasteiger charge is -2.63. The number of hydrogen-bond acceptors (Lipinski definition) is 6. The highest BCUT2D eigenvalue weighted by molar-refractivity contribution is 5.31. The average Bonchev–Trinajstić information content (AvgIpc) is 3.52. The summed E-state index contributed by atoms with van der Waals surface area (Å²) in [5.74, 6) is 2.75. The van der Waals surface area contributed by atoms with Crippen molar-refractivity contribution in [2.75, 3.05) is 32.9 Å². The summed E-state index contributed by atoms with van der Waals surface area (Å²) in [5.41, 5.74) is 1.66. The average molecular weight is 614 g/mol. The number of morpholine rings is 1. The van der Waals surface area contributed by atoms with E-state index in [2.05, 4.69) is 60.3 Å². The fourth-order valence-corrected chi connectivity index (χ4v) is 14.0. The maximum Gasteiger partial charge on any atom is 0.170 e. The lowest BCUT2D eigenvalue weighted by Crippen LogP contribution is -2.59. The molecule has 0 radical (unpaired) electrons. The number of rotatable bonds is 4. The molecule has 5 aliphatic carbocycles. The van der Waals surface area contributed by atoms with Crippen LogP contribution in [0.5, 0.6) is 0 Å². The van der Waals surface area contributed by atoms with Gasteiger partial charge in [-0.05, 0) is 114 Å². The van der Waals surface area contributed by atoms with Crippen molar-refractivity contribution in [1.82, 2.24) is 4.90 Å². The van der Waals surface area contributed by atoms with Crippen molar-refractivity contribution in [3.63, 3.8) is 0 Å². The molecule has 7 unspecified atom stereocenters. The van der Waals surface area contributed by atoms with Crippen LogP contribution in [0.3, 0.4) is 0 Å². The number of ether oxygens (including phenoxy) is 4. The topological polar surface area (TPSA) is 60.4 Å². The normalized spacial score (nSPS) is 54.2. The highest BCUT2D eigenvalue weighted by atomic mass is 16.7. The van der Waals surface area contributed by atoms with Crippen molar-refractivity contribution in [3.05, 3.63) is 0 Å². The number of hydrogen-bond donors (Lipinski definition) is 1. The first kappa shape index (κ1) is 31.1. The second-order valence-corrected chi connectivity index (χ2v) is 19.4. The van der Waals surface area contributed by atoms with Crippen LogP contribution in [-0.2, 0) is 18.9 Å². The minimum absolute atomic E-state index is 0.0334. The lowest BCUT2D eigenvalue weighted by molar-refractivity contribution is -0.255. The summed E-state index contributed by atoms with van der Waals surface area (Å²) < 4.78 is 25.6. The number of aliphatic hydroxyl groups excluding tert-OH is 1. The van der Waals surface area contributed by atoms with Crippen LogP contribution >= 0.6 is 0 Å². The molecule has 0 aromatic rings. The second-order valence-electron chi connectivity index (χ2n) is 19.4. The van der Waals surface area contributed by atoms with E-state index in [0.717, 1.165) is 51.2 Å². The zero-order valence-electron chi connectivity index (χ0n) is 29.2. The summed E-state index contributed by atoms with van der Waals surface area (Å²) in [6, 6.07) is 0.551. The Hall–Kier alpha value is -0.240. The molecule has 0 bridgehead atoms. The van der Waals surface area contributed by atoms with E-state index in [-0.39, 0.29) is 29.3 Å². The van der Waals surface area contributed by atoms with E-state index in [9.17, 15) is 5.11 Å². The Morgan fingerprint density at radius 1 is 0.932 bits per heavy atom. The molecule has 3 saturated heterocycles. The smallest absolute Gasteiger partial charge is 0.170 e. The van der Waals surface area contributed by atoms with Crippen molar-refractivity contribution < 1.29 is 24.1 Å². The zero-order chi connectivity index (χ0) is 31.1. The van der Waals surface area contributed by atoms with E-state index in [1.807, 2.05) is 0 Å². The molecule has 0 aromatic heterocycles. The maximum absolute atomic E-state index is 11.3. The van der Waals surface area contributed by atoms with Gasteiger partial charge < -0.3 is 24.1 Å². The van der Waals surface area contributed by atoms with Crippen molar-refractivity contribution >= 4 is 0 Å². The molecule has 8 fully saturated rings. The third-order valence-corrected chi connectivity index (χ3v) is 16.4. The molecule has 8 rings (SSSR count). The van der Waals surface area contributed by atoms with Crippen molar-refractivity contribution in [1.29, 1.82) is 0 Å². The van der Waals surface area contributed by atoms with Gasteiger partial charge in [-0.15, -0.1) is 0 Å². The molecule has 8 aliphatic rings. The van der Waals surface area contributed by atoms with Gasteiger partial charge in [0, 0.05) is 6.54 Å². The summed E-state index contributed by atoms with van der Waals surface area (Å²) in [4.78, 5) is 2.53. The minimum atomic E-state index is -0.406. The SMILES string of the molecule is C[C@@H]1CC(C(O)C(C)(C)C)OC2C[C@@]3(C)[C@@H]4CCC5C(C)(C)[C@@H](OC6CN(C7COC7)CCO6)CCC56C[C@@]46CC[C@]3(C)C21. The molecule has 250 valence electrons. The van der Waals surface area contributed by atoms with Gasteiger partial charge in [0.2, 0.25) is 0 Å². The van der Waals surface area contributed by atoms with Crippen molar-refractivity contribution in [3.8, 4) is 0 Å². The van der Waals surface area contributed by atoms with Crippen molar-refractivity contribution in [2.45, 2.75) is 150 Å². The van der Waals surface area contributed by atoms with Gasteiger partial charge in [0.1, 0.15) is 0 Å². The Morgan fingerprint density at radius 2 is 1.66 bits per heavy atom. The molecule has 13 atom stereocenters. The van der Waals surface area contributed by atoms with Gasteiger partial charge >= 0.3 is 0 Å². The fourth-order valence-electron chi connectivity index (χ4n) is 14.0. The van der Waals surface area contributed by atoms with E-state index in [4.69, 9.17) is 18.9 Å². The molecule has 0 aromatic carbocycles. The van der Waals surface area contributed by atoms with Crippen molar-refractivity contribution in [2.24, 2.45) is 56.2 Å². The second kappa shape index (κ2) is 9.91. The predicted molar refractivity (Wildman–Crippen MR) is 171 cm³/mol. The highest BCUT2D eigenvalue weighted by Gasteiger charge is 2.83. The maximum atomic E-state index is 11.3. The van der Waals surface area contributed by atoms with Gasteiger partial charge in [0.15, 0.2) is 6.29 Å². The van der Waals surface area contributed by atoms with Crippen LogP contribution in [0.1, 0.15) is 113 Å². The van der Waals surface area contributed by atoms with E-state index in [0.29, 0.717) is 45.6 Å². The third-order valence-electron chi connectivity index (χ3n) is 16.4. The van der Waals surface area contributed by atoms with Crippen LogP contribution in [0.25, 0.3) is 0 Å². The third kappa shape index (κ3) is 4.06. The van der Waals surface area contributed by atoms with Gasteiger partial charge in [-0.2, -0.15) is 0 Å². The first-order valence-electron chi connectivity index (χ1n) is 18.6. The molecule has 6 nitrogen and oxygen atoms in total. The number of fused-ring (bicyclic) bond motifs is 4. The van der Waals surface area contributed by atoms with Gasteiger partial charge in [0.05, 0.1) is 56.8 Å². The molecule has 3 heterocycles. The molecule has 2 spiro atoms. The van der Waals surface area contributed by atoms with Crippen LogP contribution in [0.15, 0.2) is 0 Å². The molecular weight excluding hydrogens is 550 g/mol. The summed E-state index contributed by atoms with van der Waals surface area (Å²) in [7, 11) is 0. The predicted octanol–water partition coefficient (Wildman–Crippen LogP) is 6.68. The van der Waals surface area contributed by atoms with Gasteiger partial charge in [-0.25, -0.2) is 0 Å². The Morgan fingerprint density at radius 3 is 2.36 bits per heavy atom. The summed E-state index contributed by atoms with van der Waals surface area (Å²) in [6.07, 6.45) is 11.6. The number of nitrogens with zero attached hydrogens (tertiary/aromatic N) is 1. The van der Waals surface area contributed by atoms with Crippen LogP contribution in [-0.4, -0.2) is 79.7 Å². The minimum Gasteiger partial charge on any atom is -0.390 e. The summed E-state index contributed by atoms with van der Waals surface area (Å²) >= 11 is 0. The number of aliphatic hydroxyl groups is 1. The van der Waals surface area contributed by atoms with Crippen LogP contribution in [0, 0.1) is 56.2 Å². The Kier molecular flexibility index (Phi) is 6.99. The molecule has 6 heteroatoms. The lowest BCUT2D eigenvalue weighted by atomic mass is 9.41. The monoisotopic (exact) mass is 613 g/mol. The first-order valence-corrected chi connectivity index (χ1v) is 18.6. The molecule has 0 amide bonds. The first-order chi connectivity index (χ1) is 20.7. The quantitative estimate of drug-likeness (QED) is 0.382. The van der Waals surface area contributed by atoms with E-state index < -0.39 is 6.10 Å². The highest BCUT2D eigenvalue weighted by Crippen LogP contribution is 2.89. The van der Waals surface area contributed by atoms with E-state index in [1.54, 1.807) is 0 Å². The standard InChI is InChI=1S/C38H63NO5/c1-23-17-25(32(40)33(2,3)4)43-26-18-36(8)28-10-9-27-34(5,6)29(44-30-19-39(15-16-42-30)24-20-41-21-24)11-12-37(27)22-38(28,37)14-13-35(36,7)31(23)26/h23-32,40H,9-22H2,1-8H3/t23-,25?,26?,27?,28+,29+,30?,31?,32?,35-,36+,37?,38+/m1/s1. The molecular formula is C38H63NO5. The van der Waals surface area contributed by atoms with E-state index >= 15 is 0 Å². The molecule has 5 saturated carbocycles. The Balaban J connectivity index is 1.01. The summed E-state index contributed by atoms with van der Waals surface area (Å²) in [5, 5.41) is 11.3. The summed E-state index contributed by atoms with van der Waals surface area (Å²) in [6.45, 7) is 23.8. The molecule has 3 aliphatic heterocycles. The van der Waals surface area contributed by atoms with E-state index in [1.165, 1.54) is 51.4 Å². The zero-order valence-corrected chi connectivity index (χ0v) is 29.2. The molecule has 44 heavy (non-hydrogen) atoms. The fraction of sp³-hybridized carbons (Fsp3) is 1.00. The Bertz CT molecular complexity index is 1130. The van der Waals surface area contributed by atoms with Crippen LogP contribution in [0.2, 0.25) is 0 Å². The van der Waals surface area contributed by atoms with Crippen LogP contribution in [0.4, 0.5) is 0 Å².